The summed E-state index contributed by atoms with van der Waals surface area (Å²) >= 11 is 0. The van der Waals surface area contributed by atoms with Crippen LogP contribution in [0.15, 0.2) is 36.9 Å². The molecule has 2 heteroatoms. The molecule has 1 aromatic carbocycles. The Morgan fingerprint density at radius 2 is 1.94 bits per heavy atom. The second-order valence-corrected chi connectivity index (χ2v) is 4.48. The molecular formula is C16H24O2. The van der Waals surface area contributed by atoms with E-state index in [4.69, 9.17) is 9.47 Å². The Labute approximate surface area is 111 Å². The third-order valence-corrected chi connectivity index (χ3v) is 2.78. The normalized spacial score (nSPS) is 12.1. The highest BCUT2D eigenvalue weighted by atomic mass is 16.5. The first-order valence-corrected chi connectivity index (χ1v) is 6.70. The predicted octanol–water partition coefficient (Wildman–Crippen LogP) is 4.14. The Morgan fingerprint density at radius 1 is 1.22 bits per heavy atom. The van der Waals surface area contributed by atoms with E-state index in [0.717, 1.165) is 18.8 Å². The lowest BCUT2D eigenvalue weighted by atomic mass is 10.2. The summed E-state index contributed by atoms with van der Waals surface area (Å²) in [6.07, 6.45) is 5.30. The third-order valence-electron chi connectivity index (χ3n) is 2.78. The van der Waals surface area contributed by atoms with E-state index >= 15 is 0 Å². The van der Waals surface area contributed by atoms with Gasteiger partial charge in [0.2, 0.25) is 0 Å². The van der Waals surface area contributed by atoms with Gasteiger partial charge >= 0.3 is 0 Å². The molecule has 0 aliphatic heterocycles. The molecule has 18 heavy (non-hydrogen) atoms. The number of ether oxygens (including phenoxy) is 2. The maximum absolute atomic E-state index is 5.70. The minimum atomic E-state index is -0.0249. The number of unbranched alkanes of at least 4 members (excludes halogenated alkanes) is 2. The van der Waals surface area contributed by atoms with Crippen LogP contribution in [0.1, 0.15) is 31.7 Å². The fourth-order valence-electron chi connectivity index (χ4n) is 1.58. The maximum atomic E-state index is 5.70. The van der Waals surface area contributed by atoms with Crippen LogP contribution < -0.4 is 4.74 Å². The van der Waals surface area contributed by atoms with E-state index in [0.29, 0.717) is 6.61 Å². The van der Waals surface area contributed by atoms with Crippen LogP contribution in [-0.2, 0) is 4.74 Å². The number of hydrogen-bond donors (Lipinski definition) is 0. The van der Waals surface area contributed by atoms with Gasteiger partial charge in [-0.2, -0.15) is 0 Å². The lowest BCUT2D eigenvalue weighted by Crippen LogP contribution is -2.19. The average Bonchev–Trinajstić information content (AvgIpc) is 2.40. The zero-order valence-corrected chi connectivity index (χ0v) is 11.5. The van der Waals surface area contributed by atoms with E-state index in [1.54, 1.807) is 6.08 Å². The minimum Gasteiger partial charge on any atom is -0.491 e. The van der Waals surface area contributed by atoms with Crippen LogP contribution in [0, 0.1) is 6.92 Å². The summed E-state index contributed by atoms with van der Waals surface area (Å²) in [4.78, 5) is 0. The van der Waals surface area contributed by atoms with Crippen molar-refractivity contribution in [3.63, 3.8) is 0 Å². The van der Waals surface area contributed by atoms with E-state index in [-0.39, 0.29) is 6.10 Å². The zero-order valence-electron chi connectivity index (χ0n) is 11.5. The van der Waals surface area contributed by atoms with Gasteiger partial charge in [0.05, 0.1) is 0 Å². The molecule has 0 radical (unpaired) electrons. The van der Waals surface area contributed by atoms with Gasteiger partial charge in [0.1, 0.15) is 18.5 Å². The van der Waals surface area contributed by atoms with Gasteiger partial charge in [-0.25, -0.2) is 0 Å². The Morgan fingerprint density at radius 3 is 2.56 bits per heavy atom. The van der Waals surface area contributed by atoms with Crippen LogP contribution in [0.4, 0.5) is 0 Å². The third kappa shape index (κ3) is 5.87. The Kier molecular flexibility index (Phi) is 7.19. The number of rotatable bonds is 9. The maximum Gasteiger partial charge on any atom is 0.119 e. The summed E-state index contributed by atoms with van der Waals surface area (Å²) in [7, 11) is 0. The van der Waals surface area contributed by atoms with Crippen LogP contribution in [-0.4, -0.2) is 19.3 Å². The molecule has 0 saturated heterocycles. The summed E-state index contributed by atoms with van der Waals surface area (Å²) in [6, 6.07) is 8.04. The van der Waals surface area contributed by atoms with Crippen LogP contribution in [0.25, 0.3) is 0 Å². The minimum absolute atomic E-state index is 0.0249. The zero-order chi connectivity index (χ0) is 13.2. The van der Waals surface area contributed by atoms with Crippen molar-refractivity contribution in [3.8, 4) is 5.75 Å². The number of hydrogen-bond acceptors (Lipinski definition) is 2. The molecule has 0 aliphatic carbocycles. The van der Waals surface area contributed by atoms with Gasteiger partial charge < -0.3 is 9.47 Å². The molecule has 1 rings (SSSR count). The van der Waals surface area contributed by atoms with Crippen LogP contribution in [0.3, 0.4) is 0 Å². The first kappa shape index (κ1) is 14.8. The SMILES string of the molecule is C=CC(COc1ccc(C)cc1)OCCCCC. The molecule has 100 valence electrons. The van der Waals surface area contributed by atoms with E-state index < -0.39 is 0 Å². The molecule has 0 fully saturated rings. The van der Waals surface area contributed by atoms with Crippen molar-refractivity contribution in [2.75, 3.05) is 13.2 Å². The van der Waals surface area contributed by atoms with Crippen molar-refractivity contribution in [1.82, 2.24) is 0 Å². The standard InChI is InChI=1S/C16H24O2/c1-4-6-7-12-17-15(5-2)13-18-16-10-8-14(3)9-11-16/h5,8-11,15H,2,4,6-7,12-13H2,1,3H3. The molecule has 1 aromatic rings. The summed E-state index contributed by atoms with van der Waals surface area (Å²) in [5.74, 6) is 0.879. The second-order valence-electron chi connectivity index (χ2n) is 4.48. The largest absolute Gasteiger partial charge is 0.491 e. The quantitative estimate of drug-likeness (QED) is 0.483. The Hall–Kier alpha value is -1.28. The molecular weight excluding hydrogens is 224 g/mol. The molecule has 1 unspecified atom stereocenters. The van der Waals surface area contributed by atoms with Gasteiger partial charge in [-0.15, -0.1) is 6.58 Å². The molecule has 0 spiro atoms. The molecule has 0 amide bonds. The molecule has 1 atom stereocenters. The van der Waals surface area contributed by atoms with E-state index in [2.05, 4.69) is 20.4 Å². The van der Waals surface area contributed by atoms with Crippen molar-refractivity contribution in [1.29, 1.82) is 0 Å². The highest BCUT2D eigenvalue weighted by Gasteiger charge is 2.05. The van der Waals surface area contributed by atoms with Gasteiger partial charge in [0, 0.05) is 6.61 Å². The Balaban J connectivity index is 2.26. The van der Waals surface area contributed by atoms with Crippen LogP contribution in [0.2, 0.25) is 0 Å². The molecule has 0 bridgehead atoms. The molecule has 0 heterocycles. The molecule has 0 saturated carbocycles. The second kappa shape index (κ2) is 8.76. The first-order chi connectivity index (χ1) is 8.76. The van der Waals surface area contributed by atoms with Crippen molar-refractivity contribution in [2.24, 2.45) is 0 Å². The average molecular weight is 248 g/mol. The Bertz CT molecular complexity index is 329. The van der Waals surface area contributed by atoms with Gasteiger partial charge in [0.15, 0.2) is 0 Å². The monoisotopic (exact) mass is 248 g/mol. The van der Waals surface area contributed by atoms with Gasteiger partial charge in [-0.3, -0.25) is 0 Å². The summed E-state index contributed by atoms with van der Waals surface area (Å²) in [6.45, 7) is 9.34. The summed E-state index contributed by atoms with van der Waals surface area (Å²) < 4.78 is 11.4. The molecule has 0 N–H and O–H groups in total. The summed E-state index contributed by atoms with van der Waals surface area (Å²) in [5, 5.41) is 0. The van der Waals surface area contributed by atoms with Gasteiger partial charge in [-0.1, -0.05) is 43.5 Å². The van der Waals surface area contributed by atoms with E-state index in [1.807, 2.05) is 24.3 Å². The molecule has 2 nitrogen and oxygen atoms in total. The van der Waals surface area contributed by atoms with E-state index in [9.17, 15) is 0 Å². The fourth-order valence-corrected chi connectivity index (χ4v) is 1.58. The topological polar surface area (TPSA) is 18.5 Å². The molecule has 0 aromatic heterocycles. The highest BCUT2D eigenvalue weighted by molar-refractivity contribution is 5.26. The van der Waals surface area contributed by atoms with Crippen LogP contribution in [0.5, 0.6) is 5.75 Å². The smallest absolute Gasteiger partial charge is 0.119 e. The highest BCUT2D eigenvalue weighted by Crippen LogP contribution is 2.12. The van der Waals surface area contributed by atoms with Crippen molar-refractivity contribution in [2.45, 2.75) is 39.2 Å². The lowest BCUT2D eigenvalue weighted by Gasteiger charge is -2.15. The summed E-state index contributed by atoms with van der Waals surface area (Å²) in [5.41, 5.74) is 1.23. The lowest BCUT2D eigenvalue weighted by molar-refractivity contribution is 0.0484. The van der Waals surface area contributed by atoms with Crippen molar-refractivity contribution >= 4 is 0 Å². The van der Waals surface area contributed by atoms with Crippen LogP contribution >= 0.6 is 0 Å². The number of aryl methyl sites for hydroxylation is 1. The fraction of sp³-hybridized carbons (Fsp3) is 0.500. The van der Waals surface area contributed by atoms with Crippen molar-refractivity contribution < 1.29 is 9.47 Å². The number of benzene rings is 1. The van der Waals surface area contributed by atoms with Gasteiger partial charge in [0.25, 0.3) is 0 Å². The molecule has 0 aliphatic rings. The predicted molar refractivity (Wildman–Crippen MR) is 76.1 cm³/mol. The van der Waals surface area contributed by atoms with E-state index in [1.165, 1.54) is 18.4 Å². The van der Waals surface area contributed by atoms with Crippen molar-refractivity contribution in [3.05, 3.63) is 42.5 Å². The first-order valence-electron chi connectivity index (χ1n) is 6.70. The van der Waals surface area contributed by atoms with Gasteiger partial charge in [-0.05, 0) is 25.5 Å².